The molecule has 2 unspecified atom stereocenters. The molecule has 1 aromatic heterocycles. The van der Waals surface area contributed by atoms with Crippen LogP contribution in [0.5, 0.6) is 0 Å². The number of carbonyl (C=O) groups excluding carboxylic acids is 3. The third-order valence-electron chi connectivity index (χ3n) is 5.56. The quantitative estimate of drug-likeness (QED) is 0.384. The Bertz CT molecular complexity index is 1090. The van der Waals surface area contributed by atoms with Crippen LogP contribution in [0.25, 0.3) is 10.9 Å². The summed E-state index contributed by atoms with van der Waals surface area (Å²) in [6, 6.07) is 0.994. The van der Waals surface area contributed by atoms with Gasteiger partial charge >= 0.3 is 5.97 Å². The van der Waals surface area contributed by atoms with Crippen LogP contribution in [0.1, 0.15) is 25.6 Å². The molecule has 0 fully saturated rings. The largest absolute Gasteiger partial charge is 0.480 e. The van der Waals surface area contributed by atoms with E-state index < -0.39 is 53.1 Å². The summed E-state index contributed by atoms with van der Waals surface area (Å²) < 4.78 is 28.2. The summed E-state index contributed by atoms with van der Waals surface area (Å²) in [5, 5.41) is 10.0. The van der Waals surface area contributed by atoms with Crippen LogP contribution < -0.4 is 11.5 Å². The zero-order chi connectivity index (χ0) is 23.9. The van der Waals surface area contributed by atoms with Crippen LogP contribution in [0.4, 0.5) is 8.78 Å². The minimum atomic E-state index is -3.07. The lowest BCUT2D eigenvalue weighted by molar-refractivity contribution is -0.154. The molecular weight excluding hydrogens is 436 g/mol. The Hall–Kier alpha value is -2.69. The van der Waals surface area contributed by atoms with Gasteiger partial charge in [0.25, 0.3) is 0 Å². The number of hydrogen-bond donors (Lipinski definition) is 3. The fraction of sp³-hybridized carbons (Fsp3) is 0.400. The van der Waals surface area contributed by atoms with Gasteiger partial charge in [0.1, 0.15) is 17.6 Å². The van der Waals surface area contributed by atoms with Crippen molar-refractivity contribution < 1.29 is 33.1 Å². The van der Waals surface area contributed by atoms with Crippen LogP contribution in [-0.2, 0) is 19.2 Å². The minimum absolute atomic E-state index is 0.0298. The second-order valence-electron chi connectivity index (χ2n) is 7.63. The molecule has 0 aliphatic heterocycles. The number of Topliss-reactive ketones (excluding diaryl/α,β-unsaturated/α-hetero) is 2. The Balaban J connectivity index is 2.96. The van der Waals surface area contributed by atoms with Crippen molar-refractivity contribution in [3.63, 3.8) is 0 Å². The van der Waals surface area contributed by atoms with E-state index in [9.17, 15) is 33.1 Å². The van der Waals surface area contributed by atoms with E-state index in [0.717, 1.165) is 16.7 Å². The lowest BCUT2D eigenvalue weighted by Crippen LogP contribution is -2.72. The van der Waals surface area contributed by atoms with E-state index in [1.807, 2.05) is 0 Å². The maximum Gasteiger partial charge on any atom is 0.329 e. The number of hydrogen-bond acceptors (Lipinski definition) is 6. The first-order chi connectivity index (χ1) is 14.3. The molecule has 0 radical (unpaired) electrons. The van der Waals surface area contributed by atoms with Crippen molar-refractivity contribution in [1.82, 2.24) is 4.57 Å². The Morgan fingerprint density at radius 2 is 1.87 bits per heavy atom. The highest BCUT2D eigenvalue weighted by molar-refractivity contribution is 6.36. The van der Waals surface area contributed by atoms with E-state index in [-0.39, 0.29) is 27.9 Å². The lowest BCUT2D eigenvalue weighted by atomic mass is 9.70. The molecule has 0 spiro atoms. The van der Waals surface area contributed by atoms with E-state index in [1.54, 1.807) is 0 Å². The number of nitrogens with zero attached hydrogens (tertiary/aromatic N) is 1. The number of carboxylic acids is 1. The number of aldehydes is 1. The molecule has 168 valence electrons. The number of carbonyl (C=O) groups is 4. The molecule has 2 aromatic rings. The normalized spacial score (nSPS) is 16.5. The number of nitrogens with two attached hydrogens (primary N) is 2. The van der Waals surface area contributed by atoms with Crippen LogP contribution in [-0.4, -0.2) is 51.2 Å². The standard InChI is InChI=1S/C20H22ClF2N3O5/c1-9(2)19(24,8-27)18(31)20(25,14(28)7-22)16(17(29)30)26-10(3)15(21)12-6-11(23)4-5-13(12)26/h4-6,8-9,16H,7,24-25H2,1-3H3,(H,29,30)/t16?,19-,20?/m0/s1. The number of halogens is 3. The Kier molecular flexibility index (Phi) is 6.70. The number of rotatable bonds is 9. The molecule has 0 saturated heterocycles. The number of aliphatic carboxylic acids is 1. The molecule has 2 rings (SSSR count). The van der Waals surface area contributed by atoms with Crippen molar-refractivity contribution in [3.05, 3.63) is 34.7 Å². The third kappa shape index (κ3) is 3.64. The molecule has 0 amide bonds. The molecule has 0 saturated carbocycles. The Morgan fingerprint density at radius 3 is 2.32 bits per heavy atom. The highest BCUT2D eigenvalue weighted by atomic mass is 35.5. The van der Waals surface area contributed by atoms with Gasteiger partial charge < -0.3 is 25.9 Å². The van der Waals surface area contributed by atoms with E-state index in [1.165, 1.54) is 26.8 Å². The number of alkyl halides is 1. The summed E-state index contributed by atoms with van der Waals surface area (Å²) in [6.07, 6.45) is 0.0506. The molecule has 1 heterocycles. The van der Waals surface area contributed by atoms with E-state index >= 15 is 0 Å². The van der Waals surface area contributed by atoms with Gasteiger partial charge in [-0.15, -0.1) is 0 Å². The summed E-state index contributed by atoms with van der Waals surface area (Å²) in [5.41, 5.74) is 6.59. The van der Waals surface area contributed by atoms with E-state index in [0.29, 0.717) is 0 Å². The predicted molar refractivity (Wildman–Crippen MR) is 109 cm³/mol. The number of fused-ring (bicyclic) bond motifs is 1. The molecule has 5 N–H and O–H groups in total. The first-order valence-electron chi connectivity index (χ1n) is 9.15. The number of ketones is 2. The first kappa shape index (κ1) is 24.6. The summed E-state index contributed by atoms with van der Waals surface area (Å²) in [6.45, 7) is 2.34. The highest BCUT2D eigenvalue weighted by Crippen LogP contribution is 2.38. The monoisotopic (exact) mass is 457 g/mol. The fourth-order valence-electron chi connectivity index (χ4n) is 3.54. The van der Waals surface area contributed by atoms with Gasteiger partial charge in [0.05, 0.1) is 10.5 Å². The maximum atomic E-state index is 13.7. The van der Waals surface area contributed by atoms with Gasteiger partial charge in [0, 0.05) is 11.1 Å². The molecule has 0 bridgehead atoms. The van der Waals surface area contributed by atoms with Crippen LogP contribution in [0.3, 0.4) is 0 Å². The second kappa shape index (κ2) is 8.45. The smallest absolute Gasteiger partial charge is 0.329 e. The van der Waals surface area contributed by atoms with Gasteiger partial charge in [-0.2, -0.15) is 0 Å². The van der Waals surface area contributed by atoms with E-state index in [2.05, 4.69) is 0 Å². The van der Waals surface area contributed by atoms with Gasteiger partial charge in [-0.1, -0.05) is 25.4 Å². The van der Waals surface area contributed by atoms with Crippen LogP contribution >= 0.6 is 11.6 Å². The van der Waals surface area contributed by atoms with Crippen molar-refractivity contribution in [2.24, 2.45) is 17.4 Å². The minimum Gasteiger partial charge on any atom is -0.480 e. The summed E-state index contributed by atoms with van der Waals surface area (Å²) in [7, 11) is 0. The third-order valence-corrected chi connectivity index (χ3v) is 6.04. The van der Waals surface area contributed by atoms with Crippen LogP contribution in [0.15, 0.2) is 18.2 Å². The zero-order valence-corrected chi connectivity index (χ0v) is 17.7. The van der Waals surface area contributed by atoms with Crippen molar-refractivity contribution in [2.75, 3.05) is 6.67 Å². The van der Waals surface area contributed by atoms with Crippen molar-refractivity contribution >= 4 is 46.3 Å². The number of carboxylic acid groups (broad SMARTS) is 1. The summed E-state index contributed by atoms with van der Waals surface area (Å²) >= 11 is 6.23. The fourth-order valence-corrected chi connectivity index (χ4v) is 3.78. The van der Waals surface area contributed by atoms with Crippen LogP contribution in [0, 0.1) is 18.7 Å². The maximum absolute atomic E-state index is 13.7. The molecule has 0 aliphatic carbocycles. The molecular formula is C20H22ClF2N3O5. The van der Waals surface area contributed by atoms with Crippen molar-refractivity contribution in [1.29, 1.82) is 0 Å². The Morgan fingerprint density at radius 1 is 1.29 bits per heavy atom. The average molecular weight is 458 g/mol. The van der Waals surface area contributed by atoms with Gasteiger partial charge in [-0.25, -0.2) is 13.6 Å². The van der Waals surface area contributed by atoms with Crippen LogP contribution in [0.2, 0.25) is 5.02 Å². The van der Waals surface area contributed by atoms with Crippen molar-refractivity contribution in [3.8, 4) is 0 Å². The summed E-state index contributed by atoms with van der Waals surface area (Å²) in [5.74, 6) is -6.39. The molecule has 0 aliphatic rings. The lowest BCUT2D eigenvalue weighted by Gasteiger charge is -2.39. The molecule has 1 aromatic carbocycles. The summed E-state index contributed by atoms with van der Waals surface area (Å²) in [4.78, 5) is 50.0. The predicted octanol–water partition coefficient (Wildman–Crippen LogP) is 1.73. The van der Waals surface area contributed by atoms with Gasteiger partial charge in [-0.3, -0.25) is 9.59 Å². The zero-order valence-electron chi connectivity index (χ0n) is 17.0. The SMILES string of the molecule is Cc1c(Cl)c2cc(F)ccc2n1C(C(=O)O)C(N)(C(=O)CF)C(=O)[C@](N)(C=O)C(C)C. The first-order valence-corrected chi connectivity index (χ1v) is 9.53. The molecule has 8 nitrogen and oxygen atoms in total. The van der Waals surface area contributed by atoms with Crippen molar-refractivity contribution in [2.45, 2.75) is 37.9 Å². The average Bonchev–Trinajstić information content (AvgIpc) is 2.96. The van der Waals surface area contributed by atoms with Gasteiger partial charge in [0.2, 0.25) is 0 Å². The second-order valence-corrected chi connectivity index (χ2v) is 8.01. The van der Waals surface area contributed by atoms with Gasteiger partial charge in [-0.05, 0) is 31.0 Å². The highest BCUT2D eigenvalue weighted by Gasteiger charge is 2.59. The number of aromatic nitrogens is 1. The van der Waals surface area contributed by atoms with E-state index in [4.69, 9.17) is 23.1 Å². The molecule has 11 heteroatoms. The number of benzene rings is 1. The molecule has 3 atom stereocenters. The molecule has 31 heavy (non-hydrogen) atoms. The van der Waals surface area contributed by atoms with Gasteiger partial charge in [0.15, 0.2) is 29.8 Å². The topological polar surface area (TPSA) is 145 Å². The Labute approximate surface area is 181 Å².